The average Bonchev–Trinajstić information content (AvgIpc) is 2.84. The quantitative estimate of drug-likeness (QED) is 0.392. The third-order valence-corrected chi connectivity index (χ3v) is 6.17. The lowest BCUT2D eigenvalue weighted by Crippen LogP contribution is -2.45. The van der Waals surface area contributed by atoms with E-state index < -0.39 is 11.8 Å². The highest BCUT2D eigenvalue weighted by molar-refractivity contribution is 5.78. The summed E-state index contributed by atoms with van der Waals surface area (Å²) in [5.74, 6) is -1.09. The average molecular weight is 459 g/mol. The zero-order valence-corrected chi connectivity index (χ0v) is 18.9. The van der Waals surface area contributed by atoms with E-state index in [9.17, 15) is 14.4 Å². The molecule has 6 nitrogen and oxygen atoms in total. The van der Waals surface area contributed by atoms with Crippen molar-refractivity contribution in [2.24, 2.45) is 0 Å². The van der Waals surface area contributed by atoms with Crippen LogP contribution in [0.1, 0.15) is 41.1 Å². The lowest BCUT2D eigenvalue weighted by Gasteiger charge is -2.36. The maximum absolute atomic E-state index is 13.9. The zero-order chi connectivity index (χ0) is 24.1. The van der Waals surface area contributed by atoms with Crippen LogP contribution in [0.25, 0.3) is 0 Å². The van der Waals surface area contributed by atoms with Crippen molar-refractivity contribution in [3.63, 3.8) is 0 Å². The van der Waals surface area contributed by atoms with Crippen LogP contribution in [0.15, 0.2) is 66.7 Å². The number of carboxylic acid groups (broad SMARTS) is 1. The molecule has 0 fully saturated rings. The Hall–Kier alpha value is -3.89. The van der Waals surface area contributed by atoms with E-state index in [1.807, 2.05) is 42.5 Å². The molecule has 3 atom stereocenters. The van der Waals surface area contributed by atoms with Crippen LogP contribution in [0.3, 0.4) is 0 Å². The molecule has 1 unspecified atom stereocenters. The molecule has 1 aliphatic heterocycles. The predicted octanol–water partition coefficient (Wildman–Crippen LogP) is 4.67. The Balaban J connectivity index is 1.52. The van der Waals surface area contributed by atoms with Crippen molar-refractivity contribution >= 4 is 17.3 Å². The second-order valence-electron chi connectivity index (χ2n) is 8.63. The van der Waals surface area contributed by atoms with Gasteiger partial charge in [0, 0.05) is 13.1 Å². The minimum absolute atomic E-state index is 0.0133. The summed E-state index contributed by atoms with van der Waals surface area (Å²) >= 11 is 0. The summed E-state index contributed by atoms with van der Waals surface area (Å²) in [5, 5.41) is 28.9. The smallest absolute Gasteiger partial charge is 0.307 e. The minimum atomic E-state index is -0.842. The van der Waals surface area contributed by atoms with Crippen molar-refractivity contribution in [2.75, 3.05) is 23.7 Å². The second-order valence-corrected chi connectivity index (χ2v) is 8.63. The lowest BCUT2D eigenvalue weighted by atomic mass is 9.94. The van der Waals surface area contributed by atoms with E-state index in [4.69, 9.17) is 5.11 Å². The minimum Gasteiger partial charge on any atom is -0.481 e. The van der Waals surface area contributed by atoms with Gasteiger partial charge in [-0.3, -0.25) is 4.79 Å². The number of halogens is 1. The van der Waals surface area contributed by atoms with Gasteiger partial charge in [-0.05, 0) is 34.7 Å². The number of hydrogen-bond acceptors (Lipinski definition) is 5. The number of carbonyl (C=O) groups is 1. The molecule has 0 amide bonds. The van der Waals surface area contributed by atoms with Crippen molar-refractivity contribution in [1.29, 1.82) is 5.26 Å². The fraction of sp³-hybridized carbons (Fsp3) is 0.259. The molecule has 0 radical (unpaired) electrons. The largest absolute Gasteiger partial charge is 0.481 e. The monoisotopic (exact) mass is 458 g/mol. The van der Waals surface area contributed by atoms with Crippen molar-refractivity contribution in [3.8, 4) is 6.07 Å². The summed E-state index contributed by atoms with van der Waals surface area (Å²) in [6.07, 6.45) is 0.0133. The molecule has 0 bridgehead atoms. The molecule has 0 spiro atoms. The number of carboxylic acids is 1. The highest BCUT2D eigenvalue weighted by Gasteiger charge is 2.29. The van der Waals surface area contributed by atoms with Crippen molar-refractivity contribution in [3.05, 3.63) is 94.8 Å². The Labute approximate surface area is 198 Å². The summed E-state index contributed by atoms with van der Waals surface area (Å²) in [7, 11) is 0. The first-order valence-electron chi connectivity index (χ1n) is 11.3. The van der Waals surface area contributed by atoms with Crippen LogP contribution in [0.4, 0.5) is 15.8 Å². The maximum atomic E-state index is 13.9. The van der Waals surface area contributed by atoms with E-state index in [0.29, 0.717) is 24.5 Å². The van der Waals surface area contributed by atoms with Gasteiger partial charge >= 0.3 is 5.97 Å². The molecule has 34 heavy (non-hydrogen) atoms. The Morgan fingerprint density at radius 3 is 2.59 bits per heavy atom. The Bertz CT molecular complexity index is 1190. The molecule has 4 rings (SSSR count). The molecule has 3 aromatic carbocycles. The highest BCUT2D eigenvalue weighted by atomic mass is 19.1. The third kappa shape index (κ3) is 5.36. The standard InChI is InChI=1S/C27H27FN4O2/c1-17(19-9-7-18(8-10-19)11-25(33)34)15-31-26(20-5-3-2-4-6-20)24-16-30-23-13-22(28)12-21(14-29)27(23)32-24/h2-10,12-13,17,24,26,30-32H,11,15-16H2,1H3,(H,33,34)/t17?,24-,26-/m1/s1. The summed E-state index contributed by atoms with van der Waals surface area (Å²) < 4.78 is 13.9. The van der Waals surface area contributed by atoms with Crippen LogP contribution in [0.5, 0.6) is 0 Å². The van der Waals surface area contributed by atoms with Crippen LogP contribution in [0, 0.1) is 17.1 Å². The molecule has 174 valence electrons. The van der Waals surface area contributed by atoms with Gasteiger partial charge in [0.2, 0.25) is 0 Å². The van der Waals surface area contributed by atoms with Gasteiger partial charge in [-0.25, -0.2) is 4.39 Å². The van der Waals surface area contributed by atoms with Gasteiger partial charge in [0.15, 0.2) is 0 Å². The van der Waals surface area contributed by atoms with Crippen LogP contribution in [0.2, 0.25) is 0 Å². The molecule has 0 saturated heterocycles. The highest BCUT2D eigenvalue weighted by Crippen LogP contribution is 2.34. The normalized spacial score (nSPS) is 16.3. The van der Waals surface area contributed by atoms with Crippen molar-refractivity contribution in [2.45, 2.75) is 31.3 Å². The molecule has 1 heterocycles. The zero-order valence-electron chi connectivity index (χ0n) is 18.9. The van der Waals surface area contributed by atoms with Gasteiger partial charge in [0.05, 0.1) is 35.4 Å². The Kier molecular flexibility index (Phi) is 7.09. The summed E-state index contributed by atoms with van der Waals surface area (Å²) in [6.45, 7) is 3.38. The van der Waals surface area contributed by atoms with Gasteiger partial charge in [-0.1, -0.05) is 61.5 Å². The number of nitrogens with zero attached hydrogens (tertiary/aromatic N) is 1. The number of benzene rings is 3. The first-order valence-corrected chi connectivity index (χ1v) is 11.3. The molecule has 4 N–H and O–H groups in total. The van der Waals surface area contributed by atoms with E-state index >= 15 is 0 Å². The number of nitriles is 1. The van der Waals surface area contributed by atoms with E-state index in [0.717, 1.165) is 16.7 Å². The summed E-state index contributed by atoms with van der Waals surface area (Å²) in [4.78, 5) is 10.9. The fourth-order valence-corrected chi connectivity index (χ4v) is 4.36. The van der Waals surface area contributed by atoms with Gasteiger partial charge in [-0.15, -0.1) is 0 Å². The van der Waals surface area contributed by atoms with Gasteiger partial charge < -0.3 is 21.1 Å². The van der Waals surface area contributed by atoms with Crippen LogP contribution < -0.4 is 16.0 Å². The van der Waals surface area contributed by atoms with Crippen LogP contribution in [-0.4, -0.2) is 30.2 Å². The number of fused-ring (bicyclic) bond motifs is 1. The van der Waals surface area contributed by atoms with E-state index in [2.05, 4.69) is 41.1 Å². The molecule has 1 aliphatic rings. The molecular formula is C27H27FN4O2. The lowest BCUT2D eigenvalue weighted by molar-refractivity contribution is -0.136. The molecule has 0 saturated carbocycles. The number of nitrogens with one attached hydrogen (secondary N) is 3. The van der Waals surface area contributed by atoms with Crippen LogP contribution in [-0.2, 0) is 11.2 Å². The number of rotatable bonds is 8. The van der Waals surface area contributed by atoms with Gasteiger partial charge in [-0.2, -0.15) is 5.26 Å². The van der Waals surface area contributed by atoms with E-state index in [1.54, 1.807) is 0 Å². The number of anilines is 2. The van der Waals surface area contributed by atoms with E-state index in [1.165, 1.54) is 12.1 Å². The molecular weight excluding hydrogens is 431 g/mol. The summed E-state index contributed by atoms with van der Waals surface area (Å²) in [6, 6.07) is 22.4. The molecule has 0 aromatic heterocycles. The fourth-order valence-electron chi connectivity index (χ4n) is 4.36. The predicted molar refractivity (Wildman–Crippen MR) is 130 cm³/mol. The molecule has 0 aliphatic carbocycles. The number of hydrogen-bond donors (Lipinski definition) is 4. The third-order valence-electron chi connectivity index (χ3n) is 6.17. The number of aliphatic carboxylic acids is 1. The van der Waals surface area contributed by atoms with E-state index in [-0.39, 0.29) is 30.0 Å². The topological polar surface area (TPSA) is 97.2 Å². The van der Waals surface area contributed by atoms with Gasteiger partial charge in [0.25, 0.3) is 0 Å². The molecule has 7 heteroatoms. The first kappa shape index (κ1) is 23.3. The van der Waals surface area contributed by atoms with Crippen LogP contribution >= 0.6 is 0 Å². The van der Waals surface area contributed by atoms with Gasteiger partial charge in [0.1, 0.15) is 11.9 Å². The first-order chi connectivity index (χ1) is 16.4. The maximum Gasteiger partial charge on any atom is 0.307 e. The molecule has 3 aromatic rings. The van der Waals surface area contributed by atoms with Crippen molar-refractivity contribution < 1.29 is 14.3 Å². The Morgan fingerprint density at radius 2 is 1.91 bits per heavy atom. The second kappa shape index (κ2) is 10.4. The van der Waals surface area contributed by atoms with Crippen molar-refractivity contribution in [1.82, 2.24) is 5.32 Å². The SMILES string of the molecule is CC(CN[C@H](c1ccccc1)[C@H]1CNc2cc(F)cc(C#N)c2N1)c1ccc(CC(=O)O)cc1. The summed E-state index contributed by atoms with van der Waals surface area (Å²) in [5.41, 5.74) is 4.48. The Morgan fingerprint density at radius 1 is 1.18 bits per heavy atom.